The van der Waals surface area contributed by atoms with Gasteiger partial charge in [-0.1, -0.05) is 25.1 Å². The summed E-state index contributed by atoms with van der Waals surface area (Å²) in [7, 11) is 0. The summed E-state index contributed by atoms with van der Waals surface area (Å²) in [6, 6.07) is 8.32. The van der Waals surface area contributed by atoms with Gasteiger partial charge in [-0.2, -0.15) is 0 Å². The van der Waals surface area contributed by atoms with Crippen LogP contribution in [0, 0.1) is 0 Å². The summed E-state index contributed by atoms with van der Waals surface area (Å²) in [6.07, 6.45) is 1.58. The Kier molecular flexibility index (Phi) is 4.27. The van der Waals surface area contributed by atoms with E-state index in [9.17, 15) is 9.59 Å². The zero-order valence-electron chi connectivity index (χ0n) is 8.97. The molecule has 84 valence electrons. The van der Waals surface area contributed by atoms with E-state index in [-0.39, 0.29) is 5.57 Å². The summed E-state index contributed by atoms with van der Waals surface area (Å²) in [5.74, 6) is -1.36. The van der Waals surface area contributed by atoms with Gasteiger partial charge in [0.15, 0.2) is 0 Å². The van der Waals surface area contributed by atoms with Crippen LogP contribution >= 0.6 is 0 Å². The van der Waals surface area contributed by atoms with Gasteiger partial charge in [-0.3, -0.25) is 0 Å². The number of carbonyl (C=O) groups excluding carboxylic acids is 2. The molecule has 1 rings (SSSR count). The van der Waals surface area contributed by atoms with Crippen molar-refractivity contribution >= 4 is 11.9 Å². The Labute approximate surface area is 93.7 Å². The topological polar surface area (TPSA) is 69.4 Å². The Bertz CT molecular complexity index is 410. The lowest BCUT2D eigenvalue weighted by molar-refractivity contribution is -0.133. The molecule has 0 fully saturated rings. The first-order valence-corrected chi connectivity index (χ1v) is 4.91. The first kappa shape index (κ1) is 12.0. The average Bonchev–Trinajstić information content (AvgIpc) is 2.31. The molecule has 0 radical (unpaired) electrons. The number of hydrogen-bond donors (Lipinski definition) is 1. The monoisotopic (exact) mass is 219 g/mol. The third kappa shape index (κ3) is 2.95. The summed E-state index contributed by atoms with van der Waals surface area (Å²) >= 11 is 0. The predicted molar refractivity (Wildman–Crippen MR) is 59.4 cm³/mol. The molecule has 2 N–H and O–H groups in total. The quantitative estimate of drug-likeness (QED) is 0.476. The highest BCUT2D eigenvalue weighted by molar-refractivity contribution is 6.02. The van der Waals surface area contributed by atoms with E-state index in [0.29, 0.717) is 12.0 Å². The summed E-state index contributed by atoms with van der Waals surface area (Å²) < 4.78 is 4.65. The van der Waals surface area contributed by atoms with Crippen molar-refractivity contribution in [3.8, 4) is 0 Å². The summed E-state index contributed by atoms with van der Waals surface area (Å²) in [5, 5.41) is 0. The first-order chi connectivity index (χ1) is 7.69. The van der Waals surface area contributed by atoms with Gasteiger partial charge in [-0.15, -0.1) is 0 Å². The van der Waals surface area contributed by atoms with Gasteiger partial charge < -0.3 is 10.5 Å². The largest absolute Gasteiger partial charge is 0.404 e. The van der Waals surface area contributed by atoms with Crippen molar-refractivity contribution in [2.45, 2.75) is 13.3 Å². The zero-order chi connectivity index (χ0) is 12.0. The molecule has 0 aliphatic heterocycles. The normalized spacial score (nSPS) is 10.9. The van der Waals surface area contributed by atoms with Crippen molar-refractivity contribution in [2.24, 2.45) is 5.73 Å². The van der Waals surface area contributed by atoms with Crippen LogP contribution in [0.5, 0.6) is 0 Å². The number of esters is 2. The Morgan fingerprint density at radius 3 is 2.44 bits per heavy atom. The van der Waals surface area contributed by atoms with E-state index >= 15 is 0 Å². The smallest absolute Gasteiger partial charge is 0.346 e. The SMILES string of the molecule is CCC(=CN)C(=O)OC(=O)c1ccccc1. The Balaban J connectivity index is 2.69. The van der Waals surface area contributed by atoms with Gasteiger partial charge in [-0.05, 0) is 18.6 Å². The second-order valence-electron chi connectivity index (χ2n) is 3.09. The molecular weight excluding hydrogens is 206 g/mol. The van der Waals surface area contributed by atoms with Gasteiger partial charge in [0, 0.05) is 6.20 Å². The van der Waals surface area contributed by atoms with E-state index in [1.165, 1.54) is 0 Å². The fourth-order valence-corrected chi connectivity index (χ4v) is 1.11. The number of hydrogen-bond acceptors (Lipinski definition) is 4. The van der Waals surface area contributed by atoms with E-state index < -0.39 is 11.9 Å². The maximum atomic E-state index is 11.5. The molecule has 0 aliphatic rings. The molecule has 0 unspecified atom stereocenters. The van der Waals surface area contributed by atoms with Gasteiger partial charge in [0.1, 0.15) is 0 Å². The standard InChI is InChI=1S/C12H13NO3/c1-2-9(8-13)11(14)16-12(15)10-6-4-3-5-7-10/h3-8H,2,13H2,1H3. The molecule has 0 heterocycles. The van der Waals surface area contributed by atoms with E-state index in [1.54, 1.807) is 37.3 Å². The number of carbonyl (C=O) groups is 2. The molecular formula is C12H13NO3. The molecule has 0 aliphatic carbocycles. The highest BCUT2D eigenvalue weighted by atomic mass is 16.6. The maximum absolute atomic E-state index is 11.5. The van der Waals surface area contributed by atoms with Gasteiger partial charge in [0.25, 0.3) is 0 Å². The molecule has 0 atom stereocenters. The van der Waals surface area contributed by atoms with Gasteiger partial charge >= 0.3 is 11.9 Å². The molecule has 16 heavy (non-hydrogen) atoms. The summed E-state index contributed by atoms with van der Waals surface area (Å²) in [4.78, 5) is 22.9. The number of benzene rings is 1. The molecule has 0 bridgehead atoms. The molecule has 4 nitrogen and oxygen atoms in total. The Morgan fingerprint density at radius 1 is 1.31 bits per heavy atom. The van der Waals surface area contributed by atoms with E-state index in [0.717, 1.165) is 6.20 Å². The molecule has 0 saturated heterocycles. The van der Waals surface area contributed by atoms with Gasteiger partial charge in [0.05, 0.1) is 11.1 Å². The Morgan fingerprint density at radius 2 is 1.94 bits per heavy atom. The maximum Gasteiger partial charge on any atom is 0.346 e. The lowest BCUT2D eigenvalue weighted by Gasteiger charge is -2.03. The van der Waals surface area contributed by atoms with Crippen molar-refractivity contribution in [1.82, 2.24) is 0 Å². The molecule has 4 heteroatoms. The van der Waals surface area contributed by atoms with Crippen LogP contribution in [0.25, 0.3) is 0 Å². The van der Waals surface area contributed by atoms with Crippen LogP contribution in [-0.2, 0) is 9.53 Å². The van der Waals surface area contributed by atoms with E-state index in [1.807, 2.05) is 0 Å². The minimum Gasteiger partial charge on any atom is -0.404 e. The van der Waals surface area contributed by atoms with Gasteiger partial charge in [0.2, 0.25) is 0 Å². The second kappa shape index (κ2) is 5.70. The Hall–Kier alpha value is -2.10. The van der Waals surface area contributed by atoms with Crippen molar-refractivity contribution in [2.75, 3.05) is 0 Å². The first-order valence-electron chi connectivity index (χ1n) is 4.91. The summed E-state index contributed by atoms with van der Waals surface area (Å²) in [5.41, 5.74) is 5.84. The minimum absolute atomic E-state index is 0.282. The third-order valence-electron chi connectivity index (χ3n) is 2.04. The van der Waals surface area contributed by atoms with Crippen molar-refractivity contribution in [3.63, 3.8) is 0 Å². The van der Waals surface area contributed by atoms with Crippen molar-refractivity contribution in [1.29, 1.82) is 0 Å². The molecule has 1 aromatic rings. The third-order valence-corrected chi connectivity index (χ3v) is 2.04. The van der Waals surface area contributed by atoms with Crippen LogP contribution in [0.4, 0.5) is 0 Å². The number of ether oxygens (including phenoxy) is 1. The van der Waals surface area contributed by atoms with Crippen LogP contribution in [0.1, 0.15) is 23.7 Å². The average molecular weight is 219 g/mol. The van der Waals surface area contributed by atoms with Crippen LogP contribution in [-0.4, -0.2) is 11.9 Å². The van der Waals surface area contributed by atoms with Gasteiger partial charge in [-0.25, -0.2) is 9.59 Å². The van der Waals surface area contributed by atoms with Crippen LogP contribution in [0.3, 0.4) is 0 Å². The number of rotatable bonds is 3. The van der Waals surface area contributed by atoms with Crippen LogP contribution in [0.2, 0.25) is 0 Å². The van der Waals surface area contributed by atoms with Crippen molar-refractivity contribution in [3.05, 3.63) is 47.7 Å². The summed E-state index contributed by atoms with van der Waals surface area (Å²) in [6.45, 7) is 1.76. The fraction of sp³-hybridized carbons (Fsp3) is 0.167. The van der Waals surface area contributed by atoms with E-state index in [2.05, 4.69) is 4.74 Å². The molecule has 0 amide bonds. The molecule has 0 aromatic heterocycles. The zero-order valence-corrected chi connectivity index (χ0v) is 8.97. The highest BCUT2D eigenvalue weighted by Gasteiger charge is 2.15. The molecule has 1 aromatic carbocycles. The second-order valence-corrected chi connectivity index (χ2v) is 3.09. The van der Waals surface area contributed by atoms with Crippen LogP contribution in [0.15, 0.2) is 42.1 Å². The van der Waals surface area contributed by atoms with Crippen molar-refractivity contribution < 1.29 is 14.3 Å². The lowest BCUT2D eigenvalue weighted by Crippen LogP contribution is -2.15. The highest BCUT2D eigenvalue weighted by Crippen LogP contribution is 2.06. The fourth-order valence-electron chi connectivity index (χ4n) is 1.11. The van der Waals surface area contributed by atoms with E-state index in [4.69, 9.17) is 5.73 Å². The predicted octanol–water partition coefficient (Wildman–Crippen LogP) is 1.62. The lowest BCUT2D eigenvalue weighted by atomic mass is 10.2. The number of nitrogens with two attached hydrogens (primary N) is 1. The van der Waals surface area contributed by atoms with Crippen LogP contribution < -0.4 is 5.73 Å². The minimum atomic E-state index is -0.696. The molecule has 0 saturated carbocycles. The molecule has 0 spiro atoms.